The van der Waals surface area contributed by atoms with Gasteiger partial charge in [-0.1, -0.05) is 23.7 Å². The topological polar surface area (TPSA) is 33.3 Å². The lowest BCUT2D eigenvalue weighted by Crippen LogP contribution is -2.27. The Hall–Kier alpha value is -1.78. The summed E-state index contributed by atoms with van der Waals surface area (Å²) in [7, 11) is 0. The third-order valence-electron chi connectivity index (χ3n) is 2.83. The van der Waals surface area contributed by atoms with Gasteiger partial charge in [-0.3, -0.25) is 0 Å². The summed E-state index contributed by atoms with van der Waals surface area (Å²) in [5.41, 5.74) is 2.01. The second-order valence-corrected chi connectivity index (χ2v) is 5.97. The van der Waals surface area contributed by atoms with Crippen molar-refractivity contribution in [2.45, 2.75) is 26.5 Å². The number of rotatable bonds is 5. The van der Waals surface area contributed by atoms with Gasteiger partial charge in [0, 0.05) is 17.3 Å². The lowest BCUT2D eigenvalue weighted by atomic mass is 10.2. The quantitative estimate of drug-likeness (QED) is 0.782. The van der Waals surface area contributed by atoms with Crippen molar-refractivity contribution in [3.05, 3.63) is 59.1 Å². The van der Waals surface area contributed by atoms with Crippen LogP contribution in [0.5, 0.6) is 5.75 Å². The lowest BCUT2D eigenvalue weighted by molar-refractivity contribution is 0.242. The Morgan fingerprint density at radius 2 is 1.91 bits per heavy atom. The normalized spacial score (nSPS) is 10.4. The molecular weight excluding hydrogens is 316 g/mol. The molecule has 0 bridgehead atoms. The SMILES string of the molecule is CC(C)Oc1cccc(CNC(=S)Nc2ccc(Cl)cc2)c1. The molecule has 0 saturated carbocycles. The van der Waals surface area contributed by atoms with E-state index in [1.165, 1.54) is 0 Å². The molecule has 0 saturated heterocycles. The maximum atomic E-state index is 5.85. The Morgan fingerprint density at radius 3 is 2.59 bits per heavy atom. The van der Waals surface area contributed by atoms with Gasteiger partial charge in [0.1, 0.15) is 5.75 Å². The number of thiocarbonyl (C=S) groups is 1. The smallest absolute Gasteiger partial charge is 0.171 e. The summed E-state index contributed by atoms with van der Waals surface area (Å²) in [5.74, 6) is 0.867. The zero-order valence-corrected chi connectivity index (χ0v) is 14.2. The predicted octanol–water partition coefficient (Wildman–Crippen LogP) is 4.61. The molecule has 0 aliphatic rings. The van der Waals surface area contributed by atoms with E-state index in [2.05, 4.69) is 10.6 Å². The molecule has 0 radical (unpaired) electrons. The second-order valence-electron chi connectivity index (χ2n) is 5.13. The van der Waals surface area contributed by atoms with E-state index in [1.54, 1.807) is 0 Å². The number of benzene rings is 2. The van der Waals surface area contributed by atoms with Crippen LogP contribution in [0.25, 0.3) is 0 Å². The number of nitrogens with one attached hydrogen (secondary N) is 2. The van der Waals surface area contributed by atoms with Crippen LogP contribution in [0.4, 0.5) is 5.69 Å². The maximum absolute atomic E-state index is 5.85. The fraction of sp³-hybridized carbons (Fsp3) is 0.235. The number of hydrogen-bond acceptors (Lipinski definition) is 2. The minimum Gasteiger partial charge on any atom is -0.491 e. The van der Waals surface area contributed by atoms with Gasteiger partial charge in [-0.05, 0) is 68.0 Å². The van der Waals surface area contributed by atoms with E-state index in [4.69, 9.17) is 28.6 Å². The molecule has 22 heavy (non-hydrogen) atoms. The largest absolute Gasteiger partial charge is 0.491 e. The summed E-state index contributed by atoms with van der Waals surface area (Å²) in [6.45, 7) is 4.65. The highest BCUT2D eigenvalue weighted by atomic mass is 35.5. The molecule has 0 aliphatic carbocycles. The van der Waals surface area contributed by atoms with Crippen molar-refractivity contribution in [3.8, 4) is 5.75 Å². The first-order valence-electron chi connectivity index (χ1n) is 7.09. The summed E-state index contributed by atoms with van der Waals surface area (Å²) in [6.07, 6.45) is 0.163. The molecule has 116 valence electrons. The van der Waals surface area contributed by atoms with Gasteiger partial charge in [-0.2, -0.15) is 0 Å². The van der Waals surface area contributed by atoms with Crippen molar-refractivity contribution in [2.75, 3.05) is 5.32 Å². The van der Waals surface area contributed by atoms with Gasteiger partial charge < -0.3 is 15.4 Å². The lowest BCUT2D eigenvalue weighted by Gasteiger charge is -2.13. The first-order chi connectivity index (χ1) is 10.5. The summed E-state index contributed by atoms with van der Waals surface area (Å²) < 4.78 is 5.68. The van der Waals surface area contributed by atoms with Crippen LogP contribution >= 0.6 is 23.8 Å². The Balaban J connectivity index is 1.86. The van der Waals surface area contributed by atoms with Crippen LogP contribution in [-0.4, -0.2) is 11.2 Å². The van der Waals surface area contributed by atoms with Gasteiger partial charge in [-0.15, -0.1) is 0 Å². The fourth-order valence-electron chi connectivity index (χ4n) is 1.89. The highest BCUT2D eigenvalue weighted by Gasteiger charge is 2.01. The molecular formula is C17H19ClN2OS. The third kappa shape index (κ3) is 5.54. The van der Waals surface area contributed by atoms with E-state index in [9.17, 15) is 0 Å². The third-order valence-corrected chi connectivity index (χ3v) is 3.32. The first kappa shape index (κ1) is 16.6. The molecule has 0 unspecified atom stereocenters. The van der Waals surface area contributed by atoms with E-state index in [-0.39, 0.29) is 6.10 Å². The molecule has 0 aliphatic heterocycles. The monoisotopic (exact) mass is 334 g/mol. The fourth-order valence-corrected chi connectivity index (χ4v) is 2.21. The first-order valence-corrected chi connectivity index (χ1v) is 7.87. The standard InChI is InChI=1S/C17H19ClN2OS/c1-12(2)21-16-5-3-4-13(10-16)11-19-17(22)20-15-8-6-14(18)7-9-15/h3-10,12H,11H2,1-2H3,(H2,19,20,22). The zero-order chi connectivity index (χ0) is 15.9. The number of anilines is 1. The van der Waals surface area contributed by atoms with E-state index >= 15 is 0 Å². The van der Waals surface area contributed by atoms with Crippen molar-refractivity contribution in [3.63, 3.8) is 0 Å². The van der Waals surface area contributed by atoms with Crippen LogP contribution in [-0.2, 0) is 6.54 Å². The van der Waals surface area contributed by atoms with Crippen LogP contribution in [0.15, 0.2) is 48.5 Å². The summed E-state index contributed by atoms with van der Waals surface area (Å²) in [6, 6.07) is 15.4. The average molecular weight is 335 g/mol. The van der Waals surface area contributed by atoms with Gasteiger partial charge >= 0.3 is 0 Å². The maximum Gasteiger partial charge on any atom is 0.171 e. The Bertz CT molecular complexity index is 629. The molecule has 0 spiro atoms. The van der Waals surface area contributed by atoms with Gasteiger partial charge in [0.2, 0.25) is 0 Å². The highest BCUT2D eigenvalue weighted by molar-refractivity contribution is 7.80. The van der Waals surface area contributed by atoms with Crippen LogP contribution in [0, 0.1) is 0 Å². The summed E-state index contributed by atoms with van der Waals surface area (Å²) in [4.78, 5) is 0. The van der Waals surface area contributed by atoms with Crippen molar-refractivity contribution in [1.82, 2.24) is 5.32 Å². The van der Waals surface area contributed by atoms with E-state index in [0.29, 0.717) is 16.7 Å². The van der Waals surface area contributed by atoms with Crippen molar-refractivity contribution >= 4 is 34.6 Å². The van der Waals surface area contributed by atoms with Gasteiger partial charge in [0.15, 0.2) is 5.11 Å². The van der Waals surface area contributed by atoms with E-state index < -0.39 is 0 Å². The molecule has 2 aromatic carbocycles. The summed E-state index contributed by atoms with van der Waals surface area (Å²) in [5, 5.41) is 7.56. The van der Waals surface area contributed by atoms with E-state index in [0.717, 1.165) is 17.0 Å². The molecule has 0 heterocycles. The van der Waals surface area contributed by atoms with Gasteiger partial charge in [-0.25, -0.2) is 0 Å². The Morgan fingerprint density at radius 1 is 1.18 bits per heavy atom. The number of halogens is 1. The van der Waals surface area contributed by atoms with Crippen LogP contribution in [0.2, 0.25) is 5.02 Å². The average Bonchev–Trinajstić information content (AvgIpc) is 2.47. The van der Waals surface area contributed by atoms with Crippen molar-refractivity contribution < 1.29 is 4.74 Å². The van der Waals surface area contributed by atoms with Crippen molar-refractivity contribution in [2.24, 2.45) is 0 Å². The molecule has 3 nitrogen and oxygen atoms in total. The predicted molar refractivity (Wildman–Crippen MR) is 96.7 cm³/mol. The zero-order valence-electron chi connectivity index (χ0n) is 12.6. The number of ether oxygens (including phenoxy) is 1. The summed E-state index contributed by atoms with van der Waals surface area (Å²) >= 11 is 11.1. The molecule has 2 rings (SSSR count). The minimum absolute atomic E-state index is 0.163. The van der Waals surface area contributed by atoms with Crippen LogP contribution in [0.1, 0.15) is 19.4 Å². The molecule has 0 atom stereocenters. The van der Waals surface area contributed by atoms with Gasteiger partial charge in [0.25, 0.3) is 0 Å². The Kier molecular flexibility index (Phi) is 6.04. The molecule has 2 N–H and O–H groups in total. The second kappa shape index (κ2) is 8.01. The van der Waals surface area contributed by atoms with Gasteiger partial charge in [0.05, 0.1) is 6.10 Å². The van der Waals surface area contributed by atoms with Crippen LogP contribution in [0.3, 0.4) is 0 Å². The highest BCUT2D eigenvalue weighted by Crippen LogP contribution is 2.15. The Labute approximate surface area is 141 Å². The van der Waals surface area contributed by atoms with E-state index in [1.807, 2.05) is 62.4 Å². The molecule has 0 aromatic heterocycles. The molecule has 5 heteroatoms. The molecule has 2 aromatic rings. The molecule has 0 fully saturated rings. The molecule has 0 amide bonds. The number of hydrogen-bond donors (Lipinski definition) is 2. The van der Waals surface area contributed by atoms with Crippen molar-refractivity contribution in [1.29, 1.82) is 0 Å². The minimum atomic E-state index is 0.163. The van der Waals surface area contributed by atoms with Crippen LogP contribution < -0.4 is 15.4 Å².